The Labute approximate surface area is 124 Å². The minimum Gasteiger partial charge on any atom is -0.315 e. The highest BCUT2D eigenvalue weighted by molar-refractivity contribution is 7.07. The van der Waals surface area contributed by atoms with Crippen molar-refractivity contribution >= 4 is 34.1 Å². The van der Waals surface area contributed by atoms with Crippen molar-refractivity contribution in [1.82, 2.24) is 24.3 Å². The molecule has 3 heterocycles. The van der Waals surface area contributed by atoms with Crippen LogP contribution in [-0.4, -0.2) is 24.3 Å². The third-order valence-electron chi connectivity index (χ3n) is 3.20. The Morgan fingerprint density at radius 2 is 2.30 bits per heavy atom. The number of imidazole rings is 1. The number of nitrogens with zero attached hydrogens (tertiary/aromatic N) is 4. The van der Waals surface area contributed by atoms with Crippen LogP contribution >= 0.6 is 22.9 Å². The van der Waals surface area contributed by atoms with E-state index in [1.807, 2.05) is 28.5 Å². The third kappa shape index (κ3) is 2.06. The molecule has 0 aromatic carbocycles. The summed E-state index contributed by atoms with van der Waals surface area (Å²) in [6.45, 7) is 5.28. The van der Waals surface area contributed by atoms with Crippen molar-refractivity contribution in [2.45, 2.75) is 32.8 Å². The number of hydrogen-bond acceptors (Lipinski definition) is 4. The van der Waals surface area contributed by atoms with Crippen molar-refractivity contribution in [2.75, 3.05) is 0 Å². The summed E-state index contributed by atoms with van der Waals surface area (Å²) in [6.07, 6.45) is 0. The maximum Gasteiger partial charge on any atom is 0.304 e. The maximum atomic E-state index is 11.3. The number of halogens is 1. The average Bonchev–Trinajstić information content (AvgIpc) is 3.08. The first kappa shape index (κ1) is 13.4. The van der Waals surface area contributed by atoms with Crippen molar-refractivity contribution in [3.05, 3.63) is 32.3 Å². The van der Waals surface area contributed by atoms with E-state index in [1.165, 1.54) is 0 Å². The van der Waals surface area contributed by atoms with E-state index in [1.54, 1.807) is 0 Å². The minimum absolute atomic E-state index is 0.0519. The Morgan fingerprint density at radius 1 is 1.50 bits per heavy atom. The molecule has 0 amide bonds. The van der Waals surface area contributed by atoms with Gasteiger partial charge in [0.25, 0.3) is 0 Å². The summed E-state index contributed by atoms with van der Waals surface area (Å²) in [6, 6.07) is 0. The fraction of sp³-hybridized carbons (Fsp3) is 0.417. The second-order valence-electron chi connectivity index (χ2n) is 4.49. The lowest BCUT2D eigenvalue weighted by Crippen LogP contribution is -2.10. The van der Waals surface area contributed by atoms with E-state index in [4.69, 9.17) is 11.6 Å². The van der Waals surface area contributed by atoms with Gasteiger partial charge in [-0.3, -0.25) is 4.79 Å². The number of thiazole rings is 1. The van der Waals surface area contributed by atoms with E-state index in [9.17, 15) is 4.79 Å². The molecule has 0 aliphatic carbocycles. The van der Waals surface area contributed by atoms with Crippen molar-refractivity contribution in [3.8, 4) is 0 Å². The summed E-state index contributed by atoms with van der Waals surface area (Å²) in [7, 11) is 0. The molecule has 6 nitrogen and oxygen atoms in total. The van der Waals surface area contributed by atoms with Crippen LogP contribution in [0.3, 0.4) is 0 Å². The quantitative estimate of drug-likeness (QED) is 0.750. The van der Waals surface area contributed by atoms with E-state index in [0.29, 0.717) is 12.4 Å². The topological polar surface area (TPSA) is 68.5 Å². The van der Waals surface area contributed by atoms with E-state index < -0.39 is 0 Å². The van der Waals surface area contributed by atoms with E-state index in [0.717, 1.165) is 46.3 Å². The van der Waals surface area contributed by atoms with Crippen LogP contribution in [0.5, 0.6) is 0 Å². The van der Waals surface area contributed by atoms with Crippen LogP contribution in [-0.2, 0) is 19.0 Å². The van der Waals surface area contributed by atoms with Crippen LogP contribution in [0, 0.1) is 6.92 Å². The maximum absolute atomic E-state index is 11.3. The lowest BCUT2D eigenvalue weighted by molar-refractivity contribution is 0.636. The number of aromatic amines is 1. The fourth-order valence-electron chi connectivity index (χ4n) is 2.32. The molecule has 0 fully saturated rings. The highest BCUT2D eigenvalue weighted by Gasteiger charge is 2.18. The molecule has 106 valence electrons. The van der Waals surface area contributed by atoms with Crippen molar-refractivity contribution in [1.29, 1.82) is 0 Å². The molecule has 0 radical (unpaired) electrons. The zero-order chi connectivity index (χ0) is 14.3. The number of fused-ring (bicyclic) bond motifs is 1. The molecule has 0 saturated heterocycles. The van der Waals surface area contributed by atoms with Gasteiger partial charge in [0, 0.05) is 17.6 Å². The Bertz CT molecular complexity index is 812. The molecular formula is C12H14ClN5OS. The lowest BCUT2D eigenvalue weighted by atomic mass is 10.4. The number of rotatable bonds is 4. The third-order valence-corrected chi connectivity index (χ3v) is 4.15. The monoisotopic (exact) mass is 311 g/mol. The Hall–Kier alpha value is -1.60. The molecule has 8 heteroatoms. The smallest absolute Gasteiger partial charge is 0.304 e. The van der Waals surface area contributed by atoms with E-state index >= 15 is 0 Å². The summed E-state index contributed by atoms with van der Waals surface area (Å²) in [5.74, 6) is 1.11. The van der Waals surface area contributed by atoms with Crippen molar-refractivity contribution in [2.24, 2.45) is 0 Å². The van der Waals surface area contributed by atoms with Crippen LogP contribution < -0.4 is 4.87 Å². The van der Waals surface area contributed by atoms with Gasteiger partial charge in [-0.2, -0.15) is 5.10 Å². The van der Waals surface area contributed by atoms with Crippen LogP contribution in [0.1, 0.15) is 24.1 Å². The molecule has 0 unspecified atom stereocenters. The summed E-state index contributed by atoms with van der Waals surface area (Å²) in [5.41, 5.74) is 3.57. The average molecular weight is 312 g/mol. The van der Waals surface area contributed by atoms with Gasteiger partial charge in [0.1, 0.15) is 11.3 Å². The molecular weight excluding hydrogens is 298 g/mol. The van der Waals surface area contributed by atoms with E-state index in [2.05, 4.69) is 15.1 Å². The summed E-state index contributed by atoms with van der Waals surface area (Å²) in [5, 5.41) is 6.30. The summed E-state index contributed by atoms with van der Waals surface area (Å²) >= 11 is 7.16. The fourth-order valence-corrected chi connectivity index (χ4v) is 3.10. The predicted molar refractivity (Wildman–Crippen MR) is 79.5 cm³/mol. The number of aromatic nitrogens is 5. The van der Waals surface area contributed by atoms with Crippen molar-refractivity contribution in [3.63, 3.8) is 0 Å². The number of hydrogen-bond donors (Lipinski definition) is 1. The number of aryl methyl sites for hydroxylation is 2. The summed E-state index contributed by atoms with van der Waals surface area (Å²) in [4.78, 5) is 18.6. The summed E-state index contributed by atoms with van der Waals surface area (Å²) < 4.78 is 3.93. The zero-order valence-electron chi connectivity index (χ0n) is 11.2. The van der Waals surface area contributed by atoms with Crippen LogP contribution in [0.4, 0.5) is 0 Å². The number of nitrogens with one attached hydrogen (secondary N) is 1. The molecule has 0 aliphatic rings. The first-order valence-corrected chi connectivity index (χ1v) is 7.70. The molecule has 0 spiro atoms. The molecule has 0 saturated carbocycles. The van der Waals surface area contributed by atoms with Gasteiger partial charge in [0.05, 0.1) is 18.1 Å². The largest absolute Gasteiger partial charge is 0.315 e. The predicted octanol–water partition coefficient (Wildman–Crippen LogP) is 2.10. The molecule has 0 aliphatic heterocycles. The van der Waals surface area contributed by atoms with Gasteiger partial charge in [-0.25, -0.2) is 9.67 Å². The van der Waals surface area contributed by atoms with Gasteiger partial charge in [0.2, 0.25) is 0 Å². The van der Waals surface area contributed by atoms with Crippen LogP contribution in [0.2, 0.25) is 0 Å². The highest BCUT2D eigenvalue weighted by atomic mass is 35.5. The van der Waals surface area contributed by atoms with Gasteiger partial charge < -0.3 is 9.55 Å². The van der Waals surface area contributed by atoms with Gasteiger partial charge in [-0.05, 0) is 13.8 Å². The molecule has 0 atom stereocenters. The Morgan fingerprint density at radius 3 is 2.90 bits per heavy atom. The van der Waals surface area contributed by atoms with E-state index in [-0.39, 0.29) is 4.87 Å². The molecule has 1 N–H and O–H groups in total. The highest BCUT2D eigenvalue weighted by Crippen LogP contribution is 2.22. The first-order chi connectivity index (χ1) is 9.63. The standard InChI is InChI=1S/C12H14ClN5OS/c1-3-18-11-10(7(2)16-18)15-9(4-13)17(11)5-8-6-20-12(19)14-8/h6H,3-5H2,1-2H3,(H,14,19). The number of alkyl halides is 1. The molecule has 3 aromatic rings. The SMILES string of the molecule is CCn1nc(C)c2nc(CCl)n(Cc3csc(=O)[nH]3)c21. The molecule has 20 heavy (non-hydrogen) atoms. The first-order valence-electron chi connectivity index (χ1n) is 6.29. The molecule has 3 aromatic heterocycles. The number of H-pyrrole nitrogens is 1. The van der Waals surface area contributed by atoms with Crippen LogP contribution in [0.15, 0.2) is 10.2 Å². The second-order valence-corrected chi connectivity index (χ2v) is 5.60. The van der Waals surface area contributed by atoms with Gasteiger partial charge in [-0.1, -0.05) is 11.3 Å². The van der Waals surface area contributed by atoms with Gasteiger partial charge in [-0.15, -0.1) is 11.6 Å². The lowest BCUT2D eigenvalue weighted by Gasteiger charge is -2.07. The van der Waals surface area contributed by atoms with Gasteiger partial charge >= 0.3 is 4.87 Å². The van der Waals surface area contributed by atoms with Crippen LogP contribution in [0.25, 0.3) is 11.2 Å². The minimum atomic E-state index is -0.0519. The normalized spacial score (nSPS) is 11.6. The zero-order valence-corrected chi connectivity index (χ0v) is 12.8. The Balaban J connectivity index is 2.18. The second kappa shape index (κ2) is 5.06. The molecule has 3 rings (SSSR count). The van der Waals surface area contributed by atoms with Crippen molar-refractivity contribution < 1.29 is 0 Å². The Kier molecular flexibility index (Phi) is 3.39. The van der Waals surface area contributed by atoms with Gasteiger partial charge in [0.15, 0.2) is 5.65 Å². The molecule has 0 bridgehead atoms.